The quantitative estimate of drug-likeness (QED) is 0.235. The molecule has 57 heavy (non-hydrogen) atoms. The van der Waals surface area contributed by atoms with E-state index in [4.69, 9.17) is 0 Å². The van der Waals surface area contributed by atoms with E-state index in [0.29, 0.717) is 42.4 Å². The van der Waals surface area contributed by atoms with Gasteiger partial charge < -0.3 is 20.0 Å². The fourth-order valence-electron chi connectivity index (χ4n) is 10.7. The smallest absolute Gasteiger partial charge is 0.257 e. The zero-order chi connectivity index (χ0) is 39.0. The number of nitrogens with one attached hydrogen (secondary N) is 1. The summed E-state index contributed by atoms with van der Waals surface area (Å²) in [6.07, 6.45) is 3.12. The van der Waals surface area contributed by atoms with Crippen LogP contribution < -0.4 is 10.2 Å². The second-order valence-electron chi connectivity index (χ2n) is 17.2. The first-order valence-electron chi connectivity index (χ1n) is 20.3. The predicted octanol–water partition coefficient (Wildman–Crippen LogP) is 4.95. The number of piperidine rings is 2. The Morgan fingerprint density at radius 3 is 2.26 bits per heavy atom. The molecule has 0 saturated carbocycles. The Balaban J connectivity index is 0.738. The van der Waals surface area contributed by atoms with Crippen LogP contribution in [-0.4, -0.2) is 87.3 Å². The summed E-state index contributed by atoms with van der Waals surface area (Å²) in [4.78, 5) is 58.7. The van der Waals surface area contributed by atoms with E-state index in [-0.39, 0.29) is 36.0 Å². The van der Waals surface area contributed by atoms with E-state index >= 15 is 0 Å². The van der Waals surface area contributed by atoms with E-state index in [0.717, 1.165) is 63.0 Å². The summed E-state index contributed by atoms with van der Waals surface area (Å²) in [6.45, 7) is 4.85. The second kappa shape index (κ2) is 13.8. The van der Waals surface area contributed by atoms with Crippen molar-refractivity contribution in [3.8, 4) is 5.75 Å². The molecule has 10 rings (SSSR count). The first kappa shape index (κ1) is 35.9. The van der Waals surface area contributed by atoms with Crippen LogP contribution in [0.2, 0.25) is 0 Å². The van der Waals surface area contributed by atoms with Crippen molar-refractivity contribution in [1.82, 2.24) is 20.0 Å². The lowest BCUT2D eigenvalue weighted by Crippen LogP contribution is -2.63. The van der Waals surface area contributed by atoms with Gasteiger partial charge in [0.05, 0.1) is 6.54 Å². The molecule has 4 amide bonds. The number of phenols is 1. The number of hydrogen-bond donors (Lipinski definition) is 3. The molecule has 1 spiro atoms. The number of aliphatic hydroxyl groups is 1. The molecule has 3 N–H and O–H groups in total. The van der Waals surface area contributed by atoms with Crippen molar-refractivity contribution in [3.05, 3.63) is 129 Å². The Morgan fingerprint density at radius 1 is 0.789 bits per heavy atom. The van der Waals surface area contributed by atoms with Gasteiger partial charge in [0.1, 0.15) is 11.8 Å². The number of carbonyl (C=O) groups is 4. The highest BCUT2D eigenvalue weighted by Gasteiger charge is 2.48. The minimum Gasteiger partial charge on any atom is -0.508 e. The molecular weight excluding hydrogens is 719 g/mol. The topological polar surface area (TPSA) is 134 Å². The van der Waals surface area contributed by atoms with Gasteiger partial charge in [0.25, 0.3) is 5.91 Å². The molecule has 11 heteroatoms. The Labute approximate surface area is 331 Å². The SMILES string of the molecule is O=C1CCC(N2C(=O)c3cc4c(cc3C2O)CN(CC(=O)N2CC3(CCN(c5ccc([C@@H]6c7ccc(O)cc7CC[C@@H]6c6ccccc6)cc5)CC3)C2)C4)C(=O)N1. The van der Waals surface area contributed by atoms with Gasteiger partial charge in [-0.15, -0.1) is 0 Å². The van der Waals surface area contributed by atoms with Crippen molar-refractivity contribution in [2.24, 2.45) is 5.41 Å². The van der Waals surface area contributed by atoms with Crippen LogP contribution >= 0.6 is 0 Å². The number of carbonyl (C=O) groups excluding carboxylic acids is 4. The number of hydrogen-bond acceptors (Lipinski definition) is 8. The maximum absolute atomic E-state index is 13.5. The lowest BCUT2D eigenvalue weighted by atomic mass is 9.69. The van der Waals surface area contributed by atoms with E-state index in [2.05, 4.69) is 75.8 Å². The minimum absolute atomic E-state index is 0.118. The number of likely N-dealkylation sites (tertiary alicyclic amines) is 1. The maximum atomic E-state index is 13.5. The van der Waals surface area contributed by atoms with Crippen molar-refractivity contribution in [1.29, 1.82) is 0 Å². The third-order valence-corrected chi connectivity index (χ3v) is 13.7. The number of aryl methyl sites for hydroxylation is 1. The van der Waals surface area contributed by atoms with Crippen molar-refractivity contribution in [2.75, 3.05) is 37.6 Å². The highest BCUT2D eigenvalue weighted by molar-refractivity contribution is 6.05. The minimum atomic E-state index is -1.26. The number of anilines is 1. The van der Waals surface area contributed by atoms with Gasteiger partial charge in [-0.1, -0.05) is 48.5 Å². The van der Waals surface area contributed by atoms with E-state index < -0.39 is 24.1 Å². The summed E-state index contributed by atoms with van der Waals surface area (Å²) in [5.41, 5.74) is 9.35. The second-order valence-corrected chi connectivity index (χ2v) is 17.2. The summed E-state index contributed by atoms with van der Waals surface area (Å²) < 4.78 is 0. The van der Waals surface area contributed by atoms with Crippen LogP contribution in [0.4, 0.5) is 5.69 Å². The molecule has 292 valence electrons. The summed E-state index contributed by atoms with van der Waals surface area (Å²) in [5, 5.41) is 23.6. The van der Waals surface area contributed by atoms with E-state index in [9.17, 15) is 29.4 Å². The molecule has 2 unspecified atom stereocenters. The molecule has 4 atom stereocenters. The van der Waals surface area contributed by atoms with Crippen molar-refractivity contribution in [2.45, 2.75) is 75.7 Å². The number of nitrogens with zero attached hydrogens (tertiary/aromatic N) is 4. The van der Waals surface area contributed by atoms with Gasteiger partial charge in [-0.3, -0.25) is 34.3 Å². The van der Waals surface area contributed by atoms with Crippen LogP contribution in [0.5, 0.6) is 5.75 Å². The molecular formula is C46H47N5O6. The number of imide groups is 1. The summed E-state index contributed by atoms with van der Waals surface area (Å²) in [6, 6.07) is 28.6. The molecule has 6 aliphatic rings. The number of fused-ring (bicyclic) bond motifs is 3. The van der Waals surface area contributed by atoms with Crippen LogP contribution in [0.15, 0.2) is 84.9 Å². The molecule has 4 aromatic carbocycles. The zero-order valence-corrected chi connectivity index (χ0v) is 31.9. The molecule has 11 nitrogen and oxygen atoms in total. The first-order valence-corrected chi connectivity index (χ1v) is 20.3. The van der Waals surface area contributed by atoms with E-state index in [1.165, 1.54) is 32.8 Å². The largest absolute Gasteiger partial charge is 0.508 e. The zero-order valence-electron chi connectivity index (χ0n) is 31.9. The third kappa shape index (κ3) is 6.28. The average Bonchev–Trinajstić information content (AvgIpc) is 3.71. The average molecular weight is 766 g/mol. The molecule has 0 aromatic heterocycles. The summed E-state index contributed by atoms with van der Waals surface area (Å²) in [7, 11) is 0. The predicted molar refractivity (Wildman–Crippen MR) is 212 cm³/mol. The van der Waals surface area contributed by atoms with Gasteiger partial charge in [0.15, 0.2) is 6.23 Å². The Morgan fingerprint density at radius 2 is 1.53 bits per heavy atom. The molecule has 5 aliphatic heterocycles. The molecule has 1 aliphatic carbocycles. The molecule has 3 fully saturated rings. The number of aliphatic hydroxyl groups excluding tert-OH is 1. The van der Waals surface area contributed by atoms with Crippen LogP contribution in [-0.2, 0) is 33.9 Å². The highest BCUT2D eigenvalue weighted by Crippen LogP contribution is 2.48. The van der Waals surface area contributed by atoms with Crippen molar-refractivity contribution in [3.63, 3.8) is 0 Å². The van der Waals surface area contributed by atoms with Crippen LogP contribution in [0.25, 0.3) is 0 Å². The fourth-order valence-corrected chi connectivity index (χ4v) is 10.7. The first-order chi connectivity index (χ1) is 27.6. The normalized spacial score (nSPS) is 25.2. The van der Waals surface area contributed by atoms with E-state index in [1.807, 2.05) is 23.1 Å². The Kier molecular flexibility index (Phi) is 8.71. The summed E-state index contributed by atoms with van der Waals surface area (Å²) >= 11 is 0. The van der Waals surface area contributed by atoms with Gasteiger partial charge in [-0.05, 0) is 108 Å². The molecule has 4 aromatic rings. The highest BCUT2D eigenvalue weighted by atomic mass is 16.3. The standard InChI is InChI=1S/C46H47N5O6/c52-34-11-13-36-30(20-34)8-12-35(28-4-2-1-3-5-28)42(36)29-6-9-33(10-7-29)49-18-16-46(17-19-49)26-50(27-46)41(54)25-48-23-31-21-37-38(22-32(31)24-48)45(57)51(44(37)56)39-14-15-40(53)47-43(39)55/h1-7,9-11,13,20-22,35,39,42,44,52,56H,8,12,14-19,23-27H2,(H,47,53,55)/t35-,39?,42+,44?/m1/s1. The van der Waals surface area contributed by atoms with E-state index in [1.54, 1.807) is 6.07 Å². The van der Waals surface area contributed by atoms with Gasteiger partial charge >= 0.3 is 0 Å². The van der Waals surface area contributed by atoms with Crippen LogP contribution in [0.3, 0.4) is 0 Å². The van der Waals surface area contributed by atoms with Gasteiger partial charge in [-0.25, -0.2) is 0 Å². The third-order valence-electron chi connectivity index (χ3n) is 13.7. The van der Waals surface area contributed by atoms with Gasteiger partial charge in [-0.2, -0.15) is 0 Å². The molecule has 5 heterocycles. The van der Waals surface area contributed by atoms with Crippen LogP contribution in [0, 0.1) is 5.41 Å². The van der Waals surface area contributed by atoms with Crippen molar-refractivity contribution >= 4 is 29.3 Å². The summed E-state index contributed by atoms with van der Waals surface area (Å²) in [5.74, 6) is -0.308. The lowest BCUT2D eigenvalue weighted by molar-refractivity contribution is -0.146. The molecule has 3 saturated heterocycles. The van der Waals surface area contributed by atoms with Gasteiger partial charge in [0.2, 0.25) is 17.7 Å². The Bertz CT molecular complexity index is 2280. The number of benzene rings is 4. The van der Waals surface area contributed by atoms with Crippen LogP contribution in [0.1, 0.15) is 99.5 Å². The number of amides is 4. The molecule has 0 bridgehead atoms. The maximum Gasteiger partial charge on any atom is 0.257 e. The lowest BCUT2D eigenvalue weighted by Gasteiger charge is -2.54. The monoisotopic (exact) mass is 765 g/mol. The van der Waals surface area contributed by atoms with Crippen molar-refractivity contribution < 1.29 is 29.4 Å². The number of rotatable bonds is 6. The number of aromatic hydroxyl groups is 1. The number of phenolic OH excluding ortho intramolecular Hbond substituents is 1. The fraction of sp³-hybridized carbons (Fsp3) is 0.391. The van der Waals surface area contributed by atoms with Gasteiger partial charge in [0, 0.05) is 73.8 Å². The Hall–Kier alpha value is -5.52. The molecule has 0 radical (unpaired) electrons.